The summed E-state index contributed by atoms with van der Waals surface area (Å²) >= 11 is 3.38. The number of aryl methyl sites for hydroxylation is 1. The fraction of sp³-hybridized carbons (Fsp3) is 0.100. The first kappa shape index (κ1) is 17.4. The van der Waals surface area contributed by atoms with Crippen LogP contribution < -0.4 is 10.7 Å². The molecule has 7 heteroatoms. The first-order valence-electron chi connectivity index (χ1n) is 8.35. The van der Waals surface area contributed by atoms with Crippen molar-refractivity contribution in [3.8, 4) is 0 Å². The Morgan fingerprint density at radius 1 is 1.15 bits per heavy atom. The van der Waals surface area contributed by atoms with Gasteiger partial charge in [-0.3, -0.25) is 15.0 Å². The zero-order valence-electron chi connectivity index (χ0n) is 14.4. The molecule has 0 radical (unpaired) electrons. The second-order valence-corrected chi connectivity index (χ2v) is 7.08. The van der Waals surface area contributed by atoms with Gasteiger partial charge in [0.2, 0.25) is 0 Å². The van der Waals surface area contributed by atoms with E-state index in [1.807, 2.05) is 31.2 Å². The lowest BCUT2D eigenvalue weighted by Crippen LogP contribution is -2.52. The van der Waals surface area contributed by atoms with Gasteiger partial charge in [0.15, 0.2) is 6.17 Å². The number of benzene rings is 2. The number of carbonyl (C=O) groups is 2. The molecule has 0 saturated heterocycles. The van der Waals surface area contributed by atoms with Gasteiger partial charge in [0.1, 0.15) is 11.5 Å². The van der Waals surface area contributed by atoms with Crippen molar-refractivity contribution < 1.29 is 14.0 Å². The number of hydrogen-bond donors (Lipinski definition) is 2. The van der Waals surface area contributed by atoms with E-state index < -0.39 is 6.17 Å². The highest BCUT2D eigenvalue weighted by molar-refractivity contribution is 9.10. The maximum absolute atomic E-state index is 13.1. The van der Waals surface area contributed by atoms with Gasteiger partial charge in [0.25, 0.3) is 11.8 Å². The third kappa shape index (κ3) is 3.33. The highest BCUT2D eigenvalue weighted by Crippen LogP contribution is 2.34. The topological polar surface area (TPSA) is 74.6 Å². The monoisotopic (exact) mass is 425 g/mol. The molecule has 2 heterocycles. The molecule has 0 spiro atoms. The van der Waals surface area contributed by atoms with Crippen LogP contribution in [0.2, 0.25) is 0 Å². The van der Waals surface area contributed by atoms with Crippen molar-refractivity contribution in [1.82, 2.24) is 10.4 Å². The van der Waals surface area contributed by atoms with Crippen molar-refractivity contribution in [3.05, 3.63) is 87.8 Å². The smallest absolute Gasteiger partial charge is 0.276 e. The molecular formula is C20H16BrN3O3. The lowest BCUT2D eigenvalue weighted by atomic mass is 10.1. The molecule has 136 valence electrons. The Balaban J connectivity index is 1.72. The normalized spacial score (nSPS) is 15.9. The Kier molecular flexibility index (Phi) is 4.45. The number of fused-ring (bicyclic) bond motifs is 1. The number of anilines is 1. The first-order valence-corrected chi connectivity index (χ1v) is 9.14. The van der Waals surface area contributed by atoms with Crippen molar-refractivity contribution in [1.29, 1.82) is 0 Å². The van der Waals surface area contributed by atoms with Crippen LogP contribution >= 0.6 is 15.9 Å². The number of rotatable bonds is 3. The second kappa shape index (κ2) is 6.92. The van der Waals surface area contributed by atoms with Crippen molar-refractivity contribution in [2.24, 2.45) is 0 Å². The highest BCUT2D eigenvalue weighted by Gasteiger charge is 2.36. The van der Waals surface area contributed by atoms with Gasteiger partial charge in [-0.15, -0.1) is 0 Å². The molecule has 0 bridgehead atoms. The van der Waals surface area contributed by atoms with E-state index in [-0.39, 0.29) is 11.8 Å². The SMILES string of the molecule is Cc1ccc(C2Nc3ccc(Br)cc3C(=O)N2NC(=O)c2ccccc2)o1. The van der Waals surface area contributed by atoms with E-state index in [2.05, 4.69) is 26.7 Å². The highest BCUT2D eigenvalue weighted by atomic mass is 79.9. The maximum atomic E-state index is 13.1. The summed E-state index contributed by atoms with van der Waals surface area (Å²) in [4.78, 5) is 25.8. The molecule has 1 unspecified atom stereocenters. The molecular weight excluding hydrogens is 410 g/mol. The molecule has 0 saturated carbocycles. The van der Waals surface area contributed by atoms with Crippen LogP contribution in [-0.2, 0) is 0 Å². The van der Waals surface area contributed by atoms with Crippen molar-refractivity contribution in [2.45, 2.75) is 13.1 Å². The predicted molar refractivity (Wildman–Crippen MR) is 104 cm³/mol. The number of furan rings is 1. The molecule has 0 aliphatic carbocycles. The number of hydrazine groups is 1. The Morgan fingerprint density at radius 2 is 1.93 bits per heavy atom. The van der Waals surface area contributed by atoms with Crippen molar-refractivity contribution >= 4 is 33.4 Å². The molecule has 1 atom stereocenters. The van der Waals surface area contributed by atoms with Gasteiger partial charge < -0.3 is 9.73 Å². The minimum Gasteiger partial charge on any atom is -0.462 e. The van der Waals surface area contributed by atoms with Crippen LogP contribution in [0, 0.1) is 6.92 Å². The summed E-state index contributed by atoms with van der Waals surface area (Å²) in [5.41, 5.74) is 4.30. The Labute approximate surface area is 164 Å². The quantitative estimate of drug-likeness (QED) is 0.657. The van der Waals surface area contributed by atoms with Crippen LogP contribution in [-0.4, -0.2) is 16.8 Å². The Bertz CT molecular complexity index is 1020. The first-order chi connectivity index (χ1) is 13.0. The standard InChI is InChI=1S/C20H16BrN3O3/c1-12-7-10-17(27-12)18-22-16-9-8-14(21)11-15(16)20(26)24(18)23-19(25)13-5-3-2-4-6-13/h2-11,18,22H,1H3,(H,23,25). The van der Waals surface area contributed by atoms with E-state index in [1.165, 1.54) is 5.01 Å². The van der Waals surface area contributed by atoms with E-state index in [4.69, 9.17) is 4.42 Å². The Morgan fingerprint density at radius 3 is 2.63 bits per heavy atom. The molecule has 0 fully saturated rings. The average Bonchev–Trinajstić information content (AvgIpc) is 3.11. The van der Waals surface area contributed by atoms with E-state index in [0.29, 0.717) is 22.6 Å². The van der Waals surface area contributed by atoms with E-state index in [0.717, 1.165) is 10.2 Å². The summed E-state index contributed by atoms with van der Waals surface area (Å²) in [6.07, 6.45) is -0.660. The largest absolute Gasteiger partial charge is 0.462 e. The summed E-state index contributed by atoms with van der Waals surface area (Å²) in [6, 6.07) is 17.7. The molecule has 2 amide bonds. The van der Waals surface area contributed by atoms with Gasteiger partial charge >= 0.3 is 0 Å². The van der Waals surface area contributed by atoms with Gasteiger partial charge in [-0.05, 0) is 49.4 Å². The van der Waals surface area contributed by atoms with Gasteiger partial charge in [-0.25, -0.2) is 5.01 Å². The summed E-state index contributed by atoms with van der Waals surface area (Å²) < 4.78 is 6.49. The molecule has 27 heavy (non-hydrogen) atoms. The van der Waals surface area contributed by atoms with Crippen LogP contribution in [0.3, 0.4) is 0 Å². The molecule has 1 aliphatic rings. The second-order valence-electron chi connectivity index (χ2n) is 6.17. The average molecular weight is 426 g/mol. The summed E-state index contributed by atoms with van der Waals surface area (Å²) in [5, 5.41) is 4.53. The molecule has 6 nitrogen and oxygen atoms in total. The fourth-order valence-corrected chi connectivity index (χ4v) is 3.32. The van der Waals surface area contributed by atoms with Gasteiger partial charge in [0.05, 0.1) is 5.56 Å². The van der Waals surface area contributed by atoms with E-state index in [1.54, 1.807) is 36.4 Å². The lowest BCUT2D eigenvalue weighted by Gasteiger charge is -2.36. The minimum atomic E-state index is -0.660. The van der Waals surface area contributed by atoms with Crippen LogP contribution in [0.25, 0.3) is 0 Å². The molecule has 2 N–H and O–H groups in total. The minimum absolute atomic E-state index is 0.326. The van der Waals surface area contributed by atoms with E-state index in [9.17, 15) is 9.59 Å². The maximum Gasteiger partial charge on any atom is 0.276 e. The lowest BCUT2D eigenvalue weighted by molar-refractivity contribution is 0.0466. The van der Waals surface area contributed by atoms with Crippen LogP contribution in [0.4, 0.5) is 5.69 Å². The summed E-state index contributed by atoms with van der Waals surface area (Å²) in [6.45, 7) is 1.83. The fourth-order valence-electron chi connectivity index (χ4n) is 2.96. The van der Waals surface area contributed by atoms with Crippen molar-refractivity contribution in [2.75, 3.05) is 5.32 Å². The third-order valence-corrected chi connectivity index (χ3v) is 4.76. The number of nitrogens with one attached hydrogen (secondary N) is 2. The van der Waals surface area contributed by atoms with E-state index >= 15 is 0 Å². The Hall–Kier alpha value is -3.06. The molecule has 2 aromatic carbocycles. The zero-order chi connectivity index (χ0) is 19.0. The number of amides is 2. The zero-order valence-corrected chi connectivity index (χ0v) is 16.0. The predicted octanol–water partition coefficient (Wildman–Crippen LogP) is 4.26. The van der Waals surface area contributed by atoms with Crippen LogP contribution in [0.1, 0.15) is 38.4 Å². The number of hydrogen-bond acceptors (Lipinski definition) is 4. The van der Waals surface area contributed by atoms with Gasteiger partial charge in [-0.1, -0.05) is 34.1 Å². The molecule has 1 aromatic heterocycles. The third-order valence-electron chi connectivity index (χ3n) is 4.27. The van der Waals surface area contributed by atoms with Crippen molar-refractivity contribution in [3.63, 3.8) is 0 Å². The number of halogens is 1. The van der Waals surface area contributed by atoms with Crippen LogP contribution in [0.5, 0.6) is 0 Å². The molecule has 1 aliphatic heterocycles. The number of nitrogens with zero attached hydrogens (tertiary/aromatic N) is 1. The van der Waals surface area contributed by atoms with Crippen LogP contribution in [0.15, 0.2) is 69.6 Å². The number of carbonyl (C=O) groups excluding carboxylic acids is 2. The molecule has 4 rings (SSSR count). The summed E-state index contributed by atoms with van der Waals surface area (Å²) in [5.74, 6) is 0.545. The van der Waals surface area contributed by atoms with Gasteiger partial charge in [-0.2, -0.15) is 0 Å². The summed E-state index contributed by atoms with van der Waals surface area (Å²) in [7, 11) is 0. The van der Waals surface area contributed by atoms with Gasteiger partial charge in [0, 0.05) is 15.7 Å². The molecule has 3 aromatic rings.